The predicted octanol–water partition coefficient (Wildman–Crippen LogP) is 7.82. The fourth-order valence-electron chi connectivity index (χ4n) is 4.14. The Labute approximate surface area is 194 Å². The number of halogens is 3. The number of fused-ring (bicyclic) bond motifs is 1. The van der Waals surface area contributed by atoms with Crippen LogP contribution in [0.1, 0.15) is 33.0 Å². The Hall–Kier alpha value is -3.76. The van der Waals surface area contributed by atoms with Crippen molar-refractivity contribution in [3.8, 4) is 11.5 Å². The fourth-order valence-corrected chi connectivity index (χ4v) is 4.26. The van der Waals surface area contributed by atoms with Crippen LogP contribution in [-0.4, -0.2) is 5.78 Å². The average Bonchev–Trinajstić information content (AvgIpc) is 3.10. The first-order valence-corrected chi connectivity index (χ1v) is 10.7. The van der Waals surface area contributed by atoms with Gasteiger partial charge < -0.3 is 4.74 Å². The number of rotatable bonds is 4. The molecule has 1 unspecified atom stereocenters. The van der Waals surface area contributed by atoms with Gasteiger partial charge in [0, 0.05) is 22.1 Å². The summed E-state index contributed by atoms with van der Waals surface area (Å²) in [4.78, 5) is 13.7. The maximum absolute atomic E-state index is 14.4. The number of allylic oxidation sites excluding steroid dienone is 1. The second kappa shape index (κ2) is 8.64. The highest BCUT2D eigenvalue weighted by Crippen LogP contribution is 2.47. The van der Waals surface area contributed by atoms with Crippen molar-refractivity contribution in [3.05, 3.63) is 135 Å². The first-order valence-electron chi connectivity index (χ1n) is 10.3. The Balaban J connectivity index is 1.67. The van der Waals surface area contributed by atoms with Crippen LogP contribution in [0.15, 0.2) is 96.6 Å². The van der Waals surface area contributed by atoms with Crippen molar-refractivity contribution in [3.63, 3.8) is 0 Å². The molecule has 0 saturated heterocycles. The summed E-state index contributed by atoms with van der Waals surface area (Å²) >= 11 is 5.96. The number of carbonyl (C=O) groups is 1. The maximum atomic E-state index is 14.4. The molecule has 0 saturated carbocycles. The van der Waals surface area contributed by atoms with Gasteiger partial charge in [-0.3, -0.25) is 4.79 Å². The number of hydrogen-bond donors (Lipinski definition) is 0. The lowest BCUT2D eigenvalue weighted by atomic mass is 9.89. The minimum Gasteiger partial charge on any atom is -0.457 e. The highest BCUT2D eigenvalue weighted by Gasteiger charge is 2.38. The number of ketones is 1. The lowest BCUT2D eigenvalue weighted by molar-refractivity contribution is 0.103. The number of benzene rings is 4. The summed E-state index contributed by atoms with van der Waals surface area (Å²) in [6, 6.07) is 24.9. The second-order valence-corrected chi connectivity index (χ2v) is 8.15. The van der Waals surface area contributed by atoms with E-state index < -0.39 is 17.6 Å². The predicted molar refractivity (Wildman–Crippen MR) is 125 cm³/mol. The molecule has 0 aromatic heterocycles. The zero-order valence-electron chi connectivity index (χ0n) is 17.3. The van der Waals surface area contributed by atoms with E-state index in [9.17, 15) is 13.6 Å². The molecule has 5 rings (SSSR count). The van der Waals surface area contributed by atoms with Gasteiger partial charge in [0.1, 0.15) is 23.1 Å². The van der Waals surface area contributed by atoms with Crippen molar-refractivity contribution < 1.29 is 18.3 Å². The molecule has 1 atom stereocenters. The zero-order chi connectivity index (χ0) is 22.9. The Morgan fingerprint density at radius 3 is 2.36 bits per heavy atom. The van der Waals surface area contributed by atoms with Crippen molar-refractivity contribution >= 4 is 23.5 Å². The van der Waals surface area contributed by atoms with Crippen LogP contribution in [0, 0.1) is 11.6 Å². The Kier molecular flexibility index (Phi) is 5.53. The molecule has 1 aliphatic rings. The topological polar surface area (TPSA) is 26.3 Å². The van der Waals surface area contributed by atoms with Crippen LogP contribution < -0.4 is 4.74 Å². The largest absolute Gasteiger partial charge is 0.457 e. The van der Waals surface area contributed by atoms with Crippen molar-refractivity contribution in [1.82, 2.24) is 0 Å². The number of hydrogen-bond acceptors (Lipinski definition) is 2. The standard InChI is InChI=1S/C28H17ClF2O2/c29-19-9-12-21(13-10-19)33-25-8-4-7-22-26(17-5-2-1-3-6-17)23(28(32)27(22)25)16-18-15-20(30)11-14-24(18)31/h1-16,26H/b23-16-. The SMILES string of the molecule is O=C1/C(=C\c2cc(F)ccc2F)C(c2ccccc2)c2cccc(Oc3ccc(Cl)cc3)c21. The quantitative estimate of drug-likeness (QED) is 0.291. The molecule has 33 heavy (non-hydrogen) atoms. The number of ether oxygens (including phenoxy) is 1. The number of carbonyl (C=O) groups excluding carboxylic acids is 1. The first-order chi connectivity index (χ1) is 16.0. The van der Waals surface area contributed by atoms with Gasteiger partial charge in [0.15, 0.2) is 5.78 Å². The summed E-state index contributed by atoms with van der Waals surface area (Å²) in [6.07, 6.45) is 1.44. The van der Waals surface area contributed by atoms with Gasteiger partial charge >= 0.3 is 0 Å². The molecule has 0 N–H and O–H groups in total. The molecule has 0 bridgehead atoms. The van der Waals surface area contributed by atoms with Gasteiger partial charge in [-0.1, -0.05) is 54.1 Å². The van der Waals surface area contributed by atoms with Crippen LogP contribution >= 0.6 is 11.6 Å². The van der Waals surface area contributed by atoms with Gasteiger partial charge in [0.25, 0.3) is 0 Å². The van der Waals surface area contributed by atoms with Crippen LogP contribution in [0.5, 0.6) is 11.5 Å². The molecule has 162 valence electrons. The lowest BCUT2D eigenvalue weighted by Crippen LogP contribution is -2.03. The van der Waals surface area contributed by atoms with Crippen LogP contribution in [0.2, 0.25) is 5.02 Å². The van der Waals surface area contributed by atoms with E-state index in [4.69, 9.17) is 16.3 Å². The van der Waals surface area contributed by atoms with E-state index in [0.717, 1.165) is 29.3 Å². The van der Waals surface area contributed by atoms with E-state index in [1.54, 1.807) is 30.3 Å². The van der Waals surface area contributed by atoms with Gasteiger partial charge in [0.05, 0.1) is 5.56 Å². The molecule has 5 heteroatoms. The number of Topliss-reactive ketones (excluding diaryl/α,β-unsaturated/α-hetero) is 1. The Morgan fingerprint density at radius 2 is 1.61 bits per heavy atom. The van der Waals surface area contributed by atoms with Crippen molar-refractivity contribution in [2.75, 3.05) is 0 Å². The van der Waals surface area contributed by atoms with Crippen LogP contribution in [0.25, 0.3) is 6.08 Å². The summed E-state index contributed by atoms with van der Waals surface area (Å²) in [7, 11) is 0. The molecule has 2 nitrogen and oxygen atoms in total. The van der Waals surface area contributed by atoms with Gasteiger partial charge in [-0.15, -0.1) is 0 Å². The Bertz CT molecular complexity index is 1380. The van der Waals surface area contributed by atoms with Gasteiger partial charge in [-0.05, 0) is 65.7 Å². The van der Waals surface area contributed by atoms with E-state index >= 15 is 0 Å². The van der Waals surface area contributed by atoms with E-state index in [1.165, 1.54) is 6.08 Å². The lowest BCUT2D eigenvalue weighted by Gasteiger charge is -2.14. The normalized spacial score (nSPS) is 16.2. The molecule has 0 heterocycles. The van der Waals surface area contributed by atoms with Crippen LogP contribution in [0.4, 0.5) is 8.78 Å². The molecule has 0 spiro atoms. The van der Waals surface area contributed by atoms with Gasteiger partial charge in [0.2, 0.25) is 0 Å². The van der Waals surface area contributed by atoms with Crippen LogP contribution in [-0.2, 0) is 0 Å². The zero-order valence-corrected chi connectivity index (χ0v) is 18.0. The molecule has 0 aliphatic heterocycles. The highest BCUT2D eigenvalue weighted by molar-refractivity contribution is 6.30. The summed E-state index contributed by atoms with van der Waals surface area (Å²) in [6.45, 7) is 0. The Morgan fingerprint density at radius 1 is 0.848 bits per heavy atom. The summed E-state index contributed by atoms with van der Waals surface area (Å²) in [5, 5.41) is 0.572. The summed E-state index contributed by atoms with van der Waals surface area (Å²) in [5.74, 6) is -0.974. The minimum atomic E-state index is -0.600. The van der Waals surface area contributed by atoms with E-state index in [1.807, 2.05) is 42.5 Å². The molecule has 0 radical (unpaired) electrons. The molecule has 1 aliphatic carbocycles. The second-order valence-electron chi connectivity index (χ2n) is 7.71. The molecule has 0 fully saturated rings. The van der Waals surface area contributed by atoms with Gasteiger partial charge in [-0.2, -0.15) is 0 Å². The maximum Gasteiger partial charge on any atom is 0.194 e. The third-order valence-corrected chi connectivity index (χ3v) is 5.87. The summed E-state index contributed by atoms with van der Waals surface area (Å²) < 4.78 is 34.3. The monoisotopic (exact) mass is 458 g/mol. The first kappa shape index (κ1) is 21.1. The minimum absolute atomic E-state index is 0.0206. The van der Waals surface area contributed by atoms with Crippen molar-refractivity contribution in [1.29, 1.82) is 0 Å². The third-order valence-electron chi connectivity index (χ3n) is 5.61. The highest BCUT2D eigenvalue weighted by atomic mass is 35.5. The summed E-state index contributed by atoms with van der Waals surface area (Å²) in [5.41, 5.74) is 2.40. The van der Waals surface area contributed by atoms with Crippen molar-refractivity contribution in [2.45, 2.75) is 5.92 Å². The molecule has 0 amide bonds. The molecular weight excluding hydrogens is 442 g/mol. The smallest absolute Gasteiger partial charge is 0.194 e. The van der Waals surface area contributed by atoms with Gasteiger partial charge in [-0.25, -0.2) is 8.78 Å². The van der Waals surface area contributed by atoms with E-state index in [2.05, 4.69) is 0 Å². The van der Waals surface area contributed by atoms with Crippen LogP contribution in [0.3, 0.4) is 0 Å². The third kappa shape index (κ3) is 4.06. The average molecular weight is 459 g/mol. The molecular formula is C28H17ClF2O2. The molecule has 4 aromatic rings. The van der Waals surface area contributed by atoms with E-state index in [0.29, 0.717) is 27.7 Å². The van der Waals surface area contributed by atoms with Crippen molar-refractivity contribution in [2.24, 2.45) is 0 Å². The molecule has 4 aromatic carbocycles. The fraction of sp³-hybridized carbons (Fsp3) is 0.0357. The van der Waals surface area contributed by atoms with E-state index in [-0.39, 0.29) is 11.3 Å².